The van der Waals surface area contributed by atoms with Crippen LogP contribution in [0.25, 0.3) is 17.1 Å². The number of aromatic hydroxyl groups is 1. The number of phenols is 1. The summed E-state index contributed by atoms with van der Waals surface area (Å²) in [6, 6.07) is 5.99. The lowest BCUT2D eigenvalue weighted by atomic mass is 10.2. The molecule has 2 heterocycles. The van der Waals surface area contributed by atoms with Crippen LogP contribution in [0.15, 0.2) is 34.9 Å². The number of phenolic OH excluding ortho intramolecular Hbond substituents is 1. The molecule has 1 aromatic carbocycles. The second kappa shape index (κ2) is 5.53. The van der Waals surface area contributed by atoms with Crippen molar-refractivity contribution in [2.45, 2.75) is 0 Å². The van der Waals surface area contributed by atoms with Crippen molar-refractivity contribution >= 4 is 34.9 Å². The Morgan fingerprint density at radius 3 is 2.65 bits per heavy atom. The van der Waals surface area contributed by atoms with Crippen LogP contribution >= 0.6 is 23.2 Å². The Labute approximate surface area is 140 Å². The van der Waals surface area contributed by atoms with Gasteiger partial charge in [-0.05, 0) is 24.3 Å². The molecule has 2 aromatic heterocycles. The Hall–Kier alpha value is -2.64. The number of nitrogen functional groups attached to an aromatic ring is 1. The maximum atomic E-state index is 11.8. The van der Waals surface area contributed by atoms with Gasteiger partial charge in [0.15, 0.2) is 5.76 Å². The molecule has 0 radical (unpaired) electrons. The average molecular weight is 353 g/mol. The standard InChI is InChI=1S/C14H10Cl2N4O3/c15-6-3-4-7(21)10(16)12(6)20-13(17)9(14(18)22)11(19-20)8-2-1-5-23-8/h1-5,21H,17H2,(H2,18,22). The number of rotatable bonds is 3. The number of primary amides is 1. The highest BCUT2D eigenvalue weighted by atomic mass is 35.5. The summed E-state index contributed by atoms with van der Waals surface area (Å²) >= 11 is 12.2. The van der Waals surface area contributed by atoms with Crippen molar-refractivity contribution in [2.75, 3.05) is 5.73 Å². The van der Waals surface area contributed by atoms with Gasteiger partial charge < -0.3 is 21.0 Å². The predicted octanol–water partition coefficient (Wildman–Crippen LogP) is 2.83. The summed E-state index contributed by atoms with van der Waals surface area (Å²) in [7, 11) is 0. The van der Waals surface area contributed by atoms with E-state index in [-0.39, 0.29) is 38.6 Å². The molecule has 0 saturated heterocycles. The van der Waals surface area contributed by atoms with Gasteiger partial charge in [-0.15, -0.1) is 0 Å². The summed E-state index contributed by atoms with van der Waals surface area (Å²) in [6.07, 6.45) is 1.42. The van der Waals surface area contributed by atoms with Gasteiger partial charge in [-0.25, -0.2) is 4.68 Å². The van der Waals surface area contributed by atoms with Crippen LogP contribution in [-0.4, -0.2) is 20.8 Å². The van der Waals surface area contributed by atoms with Crippen molar-refractivity contribution in [3.8, 4) is 22.9 Å². The highest BCUT2D eigenvalue weighted by molar-refractivity contribution is 6.38. The maximum Gasteiger partial charge on any atom is 0.254 e. The molecular formula is C14H10Cl2N4O3. The first-order valence-electron chi connectivity index (χ1n) is 6.31. The van der Waals surface area contributed by atoms with Crippen molar-refractivity contribution in [3.63, 3.8) is 0 Å². The van der Waals surface area contributed by atoms with E-state index in [1.807, 2.05) is 0 Å². The van der Waals surface area contributed by atoms with Crippen molar-refractivity contribution in [1.29, 1.82) is 0 Å². The van der Waals surface area contributed by atoms with Gasteiger partial charge in [0.1, 0.15) is 33.5 Å². The van der Waals surface area contributed by atoms with Crippen LogP contribution < -0.4 is 11.5 Å². The van der Waals surface area contributed by atoms with E-state index < -0.39 is 5.91 Å². The number of nitrogens with zero attached hydrogens (tertiary/aromatic N) is 2. The van der Waals surface area contributed by atoms with E-state index in [2.05, 4.69) is 5.10 Å². The van der Waals surface area contributed by atoms with E-state index in [4.69, 9.17) is 39.1 Å². The number of hydrogen-bond acceptors (Lipinski definition) is 5. The summed E-state index contributed by atoms with van der Waals surface area (Å²) in [5.41, 5.74) is 11.6. The van der Waals surface area contributed by atoms with Crippen LogP contribution in [0.2, 0.25) is 10.0 Å². The first-order valence-corrected chi connectivity index (χ1v) is 7.07. The molecular weight excluding hydrogens is 343 g/mol. The molecule has 1 amide bonds. The minimum atomic E-state index is -0.785. The second-order valence-corrected chi connectivity index (χ2v) is 5.38. The number of halogens is 2. The number of hydrogen-bond donors (Lipinski definition) is 3. The van der Waals surface area contributed by atoms with Gasteiger partial charge in [-0.3, -0.25) is 4.79 Å². The molecule has 0 fully saturated rings. The topological polar surface area (TPSA) is 120 Å². The number of furan rings is 1. The third kappa shape index (κ3) is 2.39. The zero-order chi connectivity index (χ0) is 16.7. The minimum absolute atomic E-state index is 0.0320. The highest BCUT2D eigenvalue weighted by Crippen LogP contribution is 2.38. The SMILES string of the molecule is NC(=O)c1c(-c2ccco2)nn(-c2c(Cl)ccc(O)c2Cl)c1N. The van der Waals surface area contributed by atoms with Gasteiger partial charge in [0.25, 0.3) is 5.91 Å². The van der Waals surface area contributed by atoms with Crippen LogP contribution in [0, 0.1) is 0 Å². The van der Waals surface area contributed by atoms with E-state index in [9.17, 15) is 9.90 Å². The third-order valence-electron chi connectivity index (χ3n) is 3.18. The van der Waals surface area contributed by atoms with Crippen LogP contribution in [0.3, 0.4) is 0 Å². The molecule has 0 aliphatic rings. The summed E-state index contributed by atoms with van der Waals surface area (Å²) in [5, 5.41) is 14.1. The van der Waals surface area contributed by atoms with E-state index >= 15 is 0 Å². The van der Waals surface area contributed by atoms with Gasteiger partial charge in [-0.2, -0.15) is 5.10 Å². The average Bonchev–Trinajstić information content (AvgIpc) is 3.12. The zero-order valence-electron chi connectivity index (χ0n) is 11.5. The number of carbonyl (C=O) groups excluding carboxylic acids is 1. The van der Waals surface area contributed by atoms with E-state index in [0.29, 0.717) is 5.76 Å². The second-order valence-electron chi connectivity index (χ2n) is 4.59. The lowest BCUT2D eigenvalue weighted by molar-refractivity contribution is 0.100. The molecule has 23 heavy (non-hydrogen) atoms. The summed E-state index contributed by atoms with van der Waals surface area (Å²) < 4.78 is 6.39. The first-order chi connectivity index (χ1) is 10.9. The zero-order valence-corrected chi connectivity index (χ0v) is 13.0. The smallest absolute Gasteiger partial charge is 0.254 e. The van der Waals surface area contributed by atoms with E-state index in [0.717, 1.165) is 4.68 Å². The molecule has 0 saturated carbocycles. The van der Waals surface area contributed by atoms with Crippen LogP contribution in [0.4, 0.5) is 5.82 Å². The number of nitrogens with two attached hydrogens (primary N) is 2. The van der Waals surface area contributed by atoms with Crippen molar-refractivity contribution in [2.24, 2.45) is 5.73 Å². The van der Waals surface area contributed by atoms with E-state index in [1.165, 1.54) is 18.4 Å². The highest BCUT2D eigenvalue weighted by Gasteiger charge is 2.26. The Bertz CT molecular complexity index is 903. The molecule has 7 nitrogen and oxygen atoms in total. The molecule has 118 valence electrons. The largest absolute Gasteiger partial charge is 0.506 e. The number of amides is 1. The lowest BCUT2D eigenvalue weighted by Crippen LogP contribution is -2.14. The fourth-order valence-corrected chi connectivity index (χ4v) is 2.69. The Morgan fingerprint density at radius 2 is 2.04 bits per heavy atom. The molecule has 0 unspecified atom stereocenters. The van der Waals surface area contributed by atoms with Crippen LogP contribution in [-0.2, 0) is 0 Å². The van der Waals surface area contributed by atoms with Crippen molar-refractivity contribution < 1.29 is 14.3 Å². The summed E-state index contributed by atoms with van der Waals surface area (Å²) in [4.78, 5) is 11.8. The minimum Gasteiger partial charge on any atom is -0.506 e. The molecule has 0 atom stereocenters. The van der Waals surface area contributed by atoms with Gasteiger partial charge in [-0.1, -0.05) is 23.2 Å². The van der Waals surface area contributed by atoms with Crippen LogP contribution in [0.1, 0.15) is 10.4 Å². The molecule has 9 heteroatoms. The molecule has 0 spiro atoms. The Morgan fingerprint density at radius 1 is 1.30 bits per heavy atom. The molecule has 3 aromatic rings. The van der Waals surface area contributed by atoms with Gasteiger partial charge in [0.05, 0.1) is 11.3 Å². The number of aromatic nitrogens is 2. The number of anilines is 1. The number of benzene rings is 1. The fraction of sp³-hybridized carbons (Fsp3) is 0. The van der Waals surface area contributed by atoms with E-state index in [1.54, 1.807) is 12.1 Å². The fourth-order valence-electron chi connectivity index (χ4n) is 2.15. The summed E-state index contributed by atoms with van der Waals surface area (Å²) in [5.74, 6) is -0.761. The van der Waals surface area contributed by atoms with Crippen molar-refractivity contribution in [3.05, 3.63) is 46.1 Å². The summed E-state index contributed by atoms with van der Waals surface area (Å²) in [6.45, 7) is 0. The Kier molecular flexibility index (Phi) is 3.67. The molecule has 0 bridgehead atoms. The van der Waals surface area contributed by atoms with Gasteiger partial charge in [0.2, 0.25) is 0 Å². The molecule has 0 aliphatic heterocycles. The van der Waals surface area contributed by atoms with Crippen LogP contribution in [0.5, 0.6) is 5.75 Å². The molecule has 3 rings (SSSR count). The molecule has 5 N–H and O–H groups in total. The van der Waals surface area contributed by atoms with Gasteiger partial charge >= 0.3 is 0 Å². The normalized spacial score (nSPS) is 10.9. The maximum absolute atomic E-state index is 11.8. The lowest BCUT2D eigenvalue weighted by Gasteiger charge is -2.10. The number of carbonyl (C=O) groups is 1. The Balaban J connectivity index is 2.33. The monoisotopic (exact) mass is 352 g/mol. The predicted molar refractivity (Wildman–Crippen MR) is 85.9 cm³/mol. The molecule has 0 aliphatic carbocycles. The van der Waals surface area contributed by atoms with Crippen molar-refractivity contribution in [1.82, 2.24) is 9.78 Å². The first kappa shape index (κ1) is 15.3. The quantitative estimate of drug-likeness (QED) is 0.669. The van der Waals surface area contributed by atoms with Gasteiger partial charge in [0, 0.05) is 0 Å². The third-order valence-corrected chi connectivity index (χ3v) is 3.86.